The van der Waals surface area contributed by atoms with Crippen LogP contribution in [0, 0.1) is 6.92 Å². The van der Waals surface area contributed by atoms with Gasteiger partial charge in [0.2, 0.25) is 5.91 Å². The molecular formula is C19H19N3O4. The molecule has 0 aliphatic carbocycles. The fourth-order valence-corrected chi connectivity index (χ4v) is 2.60. The first-order valence-electron chi connectivity index (χ1n) is 8.18. The highest BCUT2D eigenvalue weighted by molar-refractivity contribution is 6.01. The third kappa shape index (κ3) is 4.38. The van der Waals surface area contributed by atoms with Gasteiger partial charge in [-0.2, -0.15) is 0 Å². The van der Waals surface area contributed by atoms with Gasteiger partial charge < -0.3 is 15.4 Å². The number of amides is 4. The van der Waals surface area contributed by atoms with Crippen molar-refractivity contribution in [1.29, 1.82) is 0 Å². The van der Waals surface area contributed by atoms with Crippen molar-refractivity contribution in [2.75, 3.05) is 18.5 Å². The van der Waals surface area contributed by atoms with Crippen LogP contribution in [0.15, 0.2) is 48.5 Å². The molecule has 1 aliphatic heterocycles. The van der Waals surface area contributed by atoms with Crippen LogP contribution in [0.25, 0.3) is 0 Å². The van der Waals surface area contributed by atoms with Gasteiger partial charge in [0.05, 0.1) is 13.1 Å². The summed E-state index contributed by atoms with van der Waals surface area (Å²) in [5.74, 6) is 0.0714. The van der Waals surface area contributed by atoms with E-state index in [-0.39, 0.29) is 31.5 Å². The number of anilines is 1. The number of imide groups is 1. The van der Waals surface area contributed by atoms with Gasteiger partial charge in [0, 0.05) is 5.69 Å². The van der Waals surface area contributed by atoms with E-state index in [9.17, 15) is 14.4 Å². The monoisotopic (exact) mass is 353 g/mol. The molecule has 2 N–H and O–H groups in total. The van der Waals surface area contributed by atoms with E-state index in [0.717, 1.165) is 16.0 Å². The molecule has 0 aromatic heterocycles. The minimum Gasteiger partial charge on any atom is -0.484 e. The van der Waals surface area contributed by atoms with Crippen molar-refractivity contribution in [3.05, 3.63) is 59.7 Å². The van der Waals surface area contributed by atoms with E-state index < -0.39 is 6.03 Å². The van der Waals surface area contributed by atoms with Crippen LogP contribution < -0.4 is 15.4 Å². The summed E-state index contributed by atoms with van der Waals surface area (Å²) in [7, 11) is 0. The summed E-state index contributed by atoms with van der Waals surface area (Å²) in [6.07, 6.45) is 0. The minimum absolute atomic E-state index is 0.0194. The average Bonchev–Trinajstić information content (AvgIpc) is 2.92. The molecule has 0 radical (unpaired) electrons. The number of carbonyl (C=O) groups excluding carboxylic acids is 3. The van der Waals surface area contributed by atoms with Gasteiger partial charge in [-0.05, 0) is 42.3 Å². The Balaban J connectivity index is 1.57. The molecule has 2 aromatic carbocycles. The maximum atomic E-state index is 12.1. The molecule has 1 heterocycles. The van der Waals surface area contributed by atoms with Crippen molar-refractivity contribution in [1.82, 2.24) is 10.2 Å². The first-order valence-corrected chi connectivity index (χ1v) is 8.18. The van der Waals surface area contributed by atoms with E-state index in [1.165, 1.54) is 0 Å². The lowest BCUT2D eigenvalue weighted by Gasteiger charge is -2.13. The zero-order valence-corrected chi connectivity index (χ0v) is 14.3. The van der Waals surface area contributed by atoms with Gasteiger partial charge in [-0.15, -0.1) is 0 Å². The normalized spacial score (nSPS) is 13.5. The molecule has 26 heavy (non-hydrogen) atoms. The summed E-state index contributed by atoms with van der Waals surface area (Å²) in [6, 6.07) is 14.1. The zero-order chi connectivity index (χ0) is 18.5. The summed E-state index contributed by atoms with van der Waals surface area (Å²) in [5.41, 5.74) is 2.37. The van der Waals surface area contributed by atoms with Crippen LogP contribution in [0.3, 0.4) is 0 Å². The third-order valence-electron chi connectivity index (χ3n) is 3.85. The van der Waals surface area contributed by atoms with E-state index in [1.807, 2.05) is 25.1 Å². The van der Waals surface area contributed by atoms with Gasteiger partial charge in [0.15, 0.2) is 6.61 Å². The van der Waals surface area contributed by atoms with E-state index >= 15 is 0 Å². The van der Waals surface area contributed by atoms with Gasteiger partial charge in [0.25, 0.3) is 5.91 Å². The number of hydrogen-bond acceptors (Lipinski definition) is 4. The molecule has 7 nitrogen and oxygen atoms in total. The lowest BCUT2D eigenvalue weighted by atomic mass is 10.2. The quantitative estimate of drug-likeness (QED) is 0.778. The molecule has 7 heteroatoms. The lowest BCUT2D eigenvalue weighted by molar-refractivity contribution is -0.125. The number of nitrogens with one attached hydrogen (secondary N) is 2. The van der Waals surface area contributed by atoms with E-state index in [2.05, 4.69) is 10.6 Å². The number of ether oxygens (including phenoxy) is 1. The highest BCUT2D eigenvalue weighted by atomic mass is 16.5. The van der Waals surface area contributed by atoms with Crippen molar-refractivity contribution in [3.63, 3.8) is 0 Å². The van der Waals surface area contributed by atoms with Crippen molar-refractivity contribution in [2.45, 2.75) is 13.5 Å². The fraction of sp³-hybridized carbons (Fsp3) is 0.211. The molecule has 4 amide bonds. The summed E-state index contributed by atoms with van der Waals surface area (Å²) in [4.78, 5) is 36.5. The Morgan fingerprint density at radius 1 is 1.19 bits per heavy atom. The maximum absolute atomic E-state index is 12.1. The number of nitrogens with zero attached hydrogens (tertiary/aromatic N) is 1. The molecule has 0 bridgehead atoms. The van der Waals surface area contributed by atoms with Gasteiger partial charge in [0.1, 0.15) is 5.75 Å². The molecular weight excluding hydrogens is 334 g/mol. The number of benzene rings is 2. The molecule has 3 rings (SSSR count). The van der Waals surface area contributed by atoms with Crippen molar-refractivity contribution >= 4 is 23.5 Å². The number of carbonyl (C=O) groups is 3. The van der Waals surface area contributed by atoms with Crippen LogP contribution in [0.5, 0.6) is 5.75 Å². The minimum atomic E-state index is -0.406. The Kier molecular flexibility index (Phi) is 5.17. The predicted octanol–water partition coefficient (Wildman–Crippen LogP) is 2.06. The molecule has 134 valence electrons. The van der Waals surface area contributed by atoms with Gasteiger partial charge in [-0.1, -0.05) is 24.3 Å². The summed E-state index contributed by atoms with van der Waals surface area (Å²) < 4.78 is 5.47. The number of urea groups is 1. The highest BCUT2D eigenvalue weighted by Crippen LogP contribution is 2.15. The predicted molar refractivity (Wildman–Crippen MR) is 95.7 cm³/mol. The Bertz CT molecular complexity index is 834. The summed E-state index contributed by atoms with van der Waals surface area (Å²) in [5, 5.41) is 5.22. The first kappa shape index (κ1) is 17.5. The summed E-state index contributed by atoms with van der Waals surface area (Å²) in [6.45, 7) is 2.02. The van der Waals surface area contributed by atoms with Crippen molar-refractivity contribution < 1.29 is 19.1 Å². The molecule has 2 aromatic rings. The van der Waals surface area contributed by atoms with Crippen LogP contribution in [0.4, 0.5) is 10.5 Å². The van der Waals surface area contributed by atoms with Gasteiger partial charge in [-0.25, -0.2) is 4.79 Å². The molecule has 0 atom stereocenters. The second kappa shape index (κ2) is 7.69. The van der Waals surface area contributed by atoms with Crippen molar-refractivity contribution in [2.24, 2.45) is 0 Å². The Morgan fingerprint density at radius 2 is 2.00 bits per heavy atom. The molecule has 1 saturated heterocycles. The van der Waals surface area contributed by atoms with Crippen LogP contribution in [-0.2, 0) is 16.1 Å². The van der Waals surface area contributed by atoms with E-state index in [0.29, 0.717) is 11.4 Å². The summed E-state index contributed by atoms with van der Waals surface area (Å²) >= 11 is 0. The highest BCUT2D eigenvalue weighted by Gasteiger charge is 2.28. The molecule has 1 aliphatic rings. The number of rotatable bonds is 6. The molecule has 0 saturated carbocycles. The van der Waals surface area contributed by atoms with Gasteiger partial charge in [-0.3, -0.25) is 14.5 Å². The number of hydrogen-bond donors (Lipinski definition) is 2. The lowest BCUT2D eigenvalue weighted by Crippen LogP contribution is -2.30. The standard InChI is InChI=1S/C19H19N3O4/c1-13-4-2-7-16(8-13)26-12-17(23)21-15-6-3-5-14(9-15)11-22-18(24)10-20-19(22)25/h2-9H,10-12H2,1H3,(H,20,25)(H,21,23). The third-order valence-corrected chi connectivity index (χ3v) is 3.85. The largest absolute Gasteiger partial charge is 0.484 e. The van der Waals surface area contributed by atoms with Crippen LogP contribution in [-0.4, -0.2) is 35.9 Å². The fourth-order valence-electron chi connectivity index (χ4n) is 2.60. The van der Waals surface area contributed by atoms with E-state index in [4.69, 9.17) is 4.74 Å². The topological polar surface area (TPSA) is 87.7 Å². The van der Waals surface area contributed by atoms with Crippen LogP contribution in [0.2, 0.25) is 0 Å². The van der Waals surface area contributed by atoms with Crippen molar-refractivity contribution in [3.8, 4) is 5.75 Å². The second-order valence-electron chi connectivity index (χ2n) is 5.99. The molecule has 0 spiro atoms. The van der Waals surface area contributed by atoms with Gasteiger partial charge >= 0.3 is 6.03 Å². The first-order chi connectivity index (χ1) is 12.5. The molecule has 1 fully saturated rings. The smallest absolute Gasteiger partial charge is 0.324 e. The average molecular weight is 353 g/mol. The van der Waals surface area contributed by atoms with E-state index in [1.54, 1.807) is 30.3 Å². The molecule has 0 unspecified atom stereocenters. The second-order valence-corrected chi connectivity index (χ2v) is 5.99. The maximum Gasteiger partial charge on any atom is 0.324 e. The van der Waals surface area contributed by atoms with Crippen LogP contribution >= 0.6 is 0 Å². The van der Waals surface area contributed by atoms with Crippen LogP contribution in [0.1, 0.15) is 11.1 Å². The number of aryl methyl sites for hydroxylation is 1. The Morgan fingerprint density at radius 3 is 2.73 bits per heavy atom. The SMILES string of the molecule is Cc1cccc(OCC(=O)Nc2cccc(CN3C(=O)CNC3=O)c2)c1. The Labute approximate surface area is 150 Å². The Hall–Kier alpha value is -3.35. The zero-order valence-electron chi connectivity index (χ0n) is 14.3.